The maximum Gasteiger partial charge on any atom is 0.0483 e. The number of aromatic nitrogens is 1. The van der Waals surface area contributed by atoms with Gasteiger partial charge in [0.15, 0.2) is 0 Å². The predicted octanol–water partition coefficient (Wildman–Crippen LogP) is 2.24. The predicted molar refractivity (Wildman–Crippen MR) is 75.6 cm³/mol. The van der Waals surface area contributed by atoms with E-state index in [0.29, 0.717) is 6.04 Å². The zero-order chi connectivity index (χ0) is 12.7. The molecule has 1 fully saturated rings. The Labute approximate surface area is 108 Å². The van der Waals surface area contributed by atoms with Gasteiger partial charge in [-0.2, -0.15) is 0 Å². The smallest absolute Gasteiger partial charge is 0.0483 e. The molecule has 3 N–H and O–H groups in total. The average molecular weight is 243 g/mol. The van der Waals surface area contributed by atoms with E-state index < -0.39 is 0 Å². The number of nitrogens with zero attached hydrogens (tertiary/aromatic N) is 1. The van der Waals surface area contributed by atoms with Gasteiger partial charge in [-0.3, -0.25) is 0 Å². The standard InChI is InChI=1S/C15H21N3/c1-10-14(15(16)12-7-5-9-17-12)11-6-3-4-8-13(11)18(10)2/h3-4,6,8,12,15,17H,5,7,9,16H2,1-2H3. The molecular formula is C15H21N3. The molecule has 1 aromatic heterocycles. The Morgan fingerprint density at radius 1 is 1.39 bits per heavy atom. The van der Waals surface area contributed by atoms with Crippen molar-refractivity contribution < 1.29 is 0 Å². The van der Waals surface area contributed by atoms with Crippen molar-refractivity contribution in [2.75, 3.05) is 6.54 Å². The number of hydrogen-bond donors (Lipinski definition) is 2. The van der Waals surface area contributed by atoms with Crippen LogP contribution in [0.2, 0.25) is 0 Å². The van der Waals surface area contributed by atoms with Gasteiger partial charge in [0.1, 0.15) is 0 Å². The number of hydrogen-bond acceptors (Lipinski definition) is 2. The van der Waals surface area contributed by atoms with Crippen molar-refractivity contribution in [2.24, 2.45) is 12.8 Å². The highest BCUT2D eigenvalue weighted by atomic mass is 15.0. The molecule has 2 aromatic rings. The molecule has 3 nitrogen and oxygen atoms in total. The number of fused-ring (bicyclic) bond motifs is 1. The minimum atomic E-state index is 0.0959. The summed E-state index contributed by atoms with van der Waals surface area (Å²) in [6.07, 6.45) is 2.42. The molecular weight excluding hydrogens is 222 g/mol. The lowest BCUT2D eigenvalue weighted by Crippen LogP contribution is -2.34. The van der Waals surface area contributed by atoms with E-state index in [1.165, 1.54) is 35.0 Å². The highest BCUT2D eigenvalue weighted by molar-refractivity contribution is 5.86. The van der Waals surface area contributed by atoms with Gasteiger partial charge >= 0.3 is 0 Å². The van der Waals surface area contributed by atoms with E-state index in [9.17, 15) is 0 Å². The molecule has 96 valence electrons. The quantitative estimate of drug-likeness (QED) is 0.849. The summed E-state index contributed by atoms with van der Waals surface area (Å²) in [6.45, 7) is 3.27. The Bertz CT molecular complexity index is 564. The molecule has 1 saturated heterocycles. The minimum absolute atomic E-state index is 0.0959. The normalized spacial score (nSPS) is 21.6. The molecule has 0 bridgehead atoms. The van der Waals surface area contributed by atoms with E-state index in [0.717, 1.165) is 6.54 Å². The lowest BCUT2D eigenvalue weighted by molar-refractivity contribution is 0.500. The second kappa shape index (κ2) is 4.41. The summed E-state index contributed by atoms with van der Waals surface area (Å²) in [4.78, 5) is 0. The van der Waals surface area contributed by atoms with E-state index >= 15 is 0 Å². The summed E-state index contributed by atoms with van der Waals surface area (Å²) in [5.74, 6) is 0. The van der Waals surface area contributed by atoms with Gasteiger partial charge in [0.05, 0.1) is 0 Å². The zero-order valence-electron chi connectivity index (χ0n) is 11.1. The average Bonchev–Trinajstić information content (AvgIpc) is 2.99. The zero-order valence-corrected chi connectivity index (χ0v) is 11.1. The maximum atomic E-state index is 6.50. The van der Waals surface area contributed by atoms with Gasteiger partial charge in [-0.25, -0.2) is 0 Å². The van der Waals surface area contributed by atoms with Crippen molar-refractivity contribution in [3.05, 3.63) is 35.5 Å². The largest absolute Gasteiger partial charge is 0.348 e. The third-order valence-corrected chi connectivity index (χ3v) is 4.31. The molecule has 2 atom stereocenters. The second-order valence-corrected chi connectivity index (χ2v) is 5.30. The number of benzene rings is 1. The molecule has 0 aliphatic carbocycles. The molecule has 1 aliphatic rings. The Morgan fingerprint density at radius 3 is 2.89 bits per heavy atom. The second-order valence-electron chi connectivity index (χ2n) is 5.30. The summed E-state index contributed by atoms with van der Waals surface area (Å²) in [7, 11) is 2.12. The highest BCUT2D eigenvalue weighted by Gasteiger charge is 2.26. The molecule has 18 heavy (non-hydrogen) atoms. The van der Waals surface area contributed by atoms with Gasteiger partial charge < -0.3 is 15.6 Å². The third-order valence-electron chi connectivity index (χ3n) is 4.31. The molecule has 1 aliphatic heterocycles. The number of nitrogens with one attached hydrogen (secondary N) is 1. The van der Waals surface area contributed by atoms with Crippen LogP contribution in [0.3, 0.4) is 0 Å². The topological polar surface area (TPSA) is 43.0 Å². The fourth-order valence-electron chi connectivity index (χ4n) is 3.19. The monoisotopic (exact) mass is 243 g/mol. The molecule has 1 aromatic carbocycles. The Balaban J connectivity index is 2.13. The summed E-state index contributed by atoms with van der Waals surface area (Å²) in [6, 6.07) is 9.06. The first-order valence-corrected chi connectivity index (χ1v) is 6.73. The third kappa shape index (κ3) is 1.66. The van der Waals surface area contributed by atoms with Crippen molar-refractivity contribution in [3.63, 3.8) is 0 Å². The van der Waals surface area contributed by atoms with E-state index in [1.807, 2.05) is 0 Å². The lowest BCUT2D eigenvalue weighted by Gasteiger charge is -2.20. The molecule has 0 spiro atoms. The van der Waals surface area contributed by atoms with Gasteiger partial charge in [-0.05, 0) is 37.9 Å². The van der Waals surface area contributed by atoms with Crippen LogP contribution in [0.5, 0.6) is 0 Å². The first kappa shape index (κ1) is 11.8. The van der Waals surface area contributed by atoms with Gasteiger partial charge in [-0.1, -0.05) is 18.2 Å². The molecule has 3 heteroatoms. The number of aryl methyl sites for hydroxylation is 1. The van der Waals surface area contributed by atoms with Crippen LogP contribution in [0.4, 0.5) is 0 Å². The van der Waals surface area contributed by atoms with E-state index in [-0.39, 0.29) is 6.04 Å². The molecule has 3 rings (SSSR count). The highest BCUT2D eigenvalue weighted by Crippen LogP contribution is 2.32. The first-order valence-electron chi connectivity index (χ1n) is 6.73. The fourth-order valence-corrected chi connectivity index (χ4v) is 3.19. The van der Waals surface area contributed by atoms with Crippen LogP contribution in [0.15, 0.2) is 24.3 Å². The summed E-state index contributed by atoms with van der Waals surface area (Å²) >= 11 is 0. The summed E-state index contributed by atoms with van der Waals surface area (Å²) < 4.78 is 2.25. The Morgan fingerprint density at radius 2 is 2.17 bits per heavy atom. The van der Waals surface area contributed by atoms with Crippen LogP contribution in [-0.4, -0.2) is 17.2 Å². The van der Waals surface area contributed by atoms with E-state index in [2.05, 4.69) is 48.1 Å². The SMILES string of the molecule is Cc1c(C(N)C2CCCN2)c2ccccc2n1C. The Hall–Kier alpha value is -1.32. The lowest BCUT2D eigenvalue weighted by atomic mass is 9.96. The van der Waals surface area contributed by atoms with Gasteiger partial charge in [0.25, 0.3) is 0 Å². The van der Waals surface area contributed by atoms with Crippen LogP contribution in [0, 0.1) is 6.92 Å². The molecule has 2 heterocycles. The fraction of sp³-hybridized carbons (Fsp3) is 0.467. The van der Waals surface area contributed by atoms with E-state index in [1.54, 1.807) is 0 Å². The first-order chi connectivity index (χ1) is 8.70. The van der Waals surface area contributed by atoms with Crippen LogP contribution >= 0.6 is 0 Å². The van der Waals surface area contributed by atoms with Crippen LogP contribution in [0.1, 0.15) is 30.1 Å². The Kier molecular flexibility index (Phi) is 2.88. The van der Waals surface area contributed by atoms with Crippen molar-refractivity contribution in [1.29, 1.82) is 0 Å². The van der Waals surface area contributed by atoms with Gasteiger partial charge in [-0.15, -0.1) is 0 Å². The van der Waals surface area contributed by atoms with Crippen LogP contribution < -0.4 is 11.1 Å². The number of rotatable bonds is 2. The maximum absolute atomic E-state index is 6.50. The molecule has 0 radical (unpaired) electrons. The number of para-hydroxylation sites is 1. The van der Waals surface area contributed by atoms with Gasteiger partial charge in [0, 0.05) is 35.7 Å². The number of nitrogens with two attached hydrogens (primary N) is 1. The van der Waals surface area contributed by atoms with E-state index in [4.69, 9.17) is 5.73 Å². The minimum Gasteiger partial charge on any atom is -0.348 e. The molecule has 2 unspecified atom stereocenters. The molecule has 0 amide bonds. The molecule has 0 saturated carbocycles. The van der Waals surface area contributed by atoms with Crippen molar-refractivity contribution >= 4 is 10.9 Å². The van der Waals surface area contributed by atoms with Crippen molar-refractivity contribution in [2.45, 2.75) is 31.8 Å². The summed E-state index contributed by atoms with van der Waals surface area (Å²) in [5.41, 5.74) is 10.4. The van der Waals surface area contributed by atoms with Crippen molar-refractivity contribution in [1.82, 2.24) is 9.88 Å². The van der Waals surface area contributed by atoms with Gasteiger partial charge in [0.2, 0.25) is 0 Å². The van der Waals surface area contributed by atoms with Crippen LogP contribution in [0.25, 0.3) is 10.9 Å². The van der Waals surface area contributed by atoms with Crippen molar-refractivity contribution in [3.8, 4) is 0 Å². The van der Waals surface area contributed by atoms with Crippen LogP contribution in [-0.2, 0) is 7.05 Å². The summed E-state index contributed by atoms with van der Waals surface area (Å²) in [5, 5.41) is 4.83.